The molecule has 0 saturated carbocycles. The van der Waals surface area contributed by atoms with Gasteiger partial charge in [-0.25, -0.2) is 14.6 Å². The van der Waals surface area contributed by atoms with Crippen LogP contribution in [0, 0.1) is 0 Å². The molecule has 1 amide bonds. The molecule has 9 nitrogen and oxygen atoms in total. The summed E-state index contributed by atoms with van der Waals surface area (Å²) in [5.41, 5.74) is 3.21. The first-order valence-corrected chi connectivity index (χ1v) is 10.6. The zero-order valence-corrected chi connectivity index (χ0v) is 17.5. The second-order valence-electron chi connectivity index (χ2n) is 8.01. The summed E-state index contributed by atoms with van der Waals surface area (Å²) in [7, 11) is 1.81. The van der Waals surface area contributed by atoms with Crippen molar-refractivity contribution in [1.29, 1.82) is 0 Å². The van der Waals surface area contributed by atoms with E-state index >= 15 is 0 Å². The third-order valence-corrected chi connectivity index (χ3v) is 6.19. The number of carbonyl (C=O) groups is 1. The number of para-hydroxylation sites is 2. The van der Waals surface area contributed by atoms with Gasteiger partial charge in [0.05, 0.1) is 5.92 Å². The van der Waals surface area contributed by atoms with Gasteiger partial charge >= 0.3 is 0 Å². The topological polar surface area (TPSA) is 89.3 Å². The molecule has 2 aliphatic heterocycles. The van der Waals surface area contributed by atoms with Crippen molar-refractivity contribution in [3.63, 3.8) is 0 Å². The lowest BCUT2D eigenvalue weighted by Gasteiger charge is -2.38. The number of ether oxygens (including phenoxy) is 1. The van der Waals surface area contributed by atoms with Crippen LogP contribution in [0.25, 0.3) is 11.2 Å². The minimum absolute atomic E-state index is 0.0974. The van der Waals surface area contributed by atoms with Gasteiger partial charge in [-0.1, -0.05) is 41.6 Å². The number of hydrogen-bond acceptors (Lipinski definition) is 7. The maximum Gasteiger partial charge on any atom is 0.234 e. The number of fused-ring (bicyclic) bond motifs is 3. The highest BCUT2D eigenvalue weighted by atomic mass is 16.5. The molecule has 9 heteroatoms. The van der Waals surface area contributed by atoms with Crippen molar-refractivity contribution < 1.29 is 9.53 Å². The molecule has 0 unspecified atom stereocenters. The molecular weight excluding hydrogens is 406 g/mol. The number of rotatable bonds is 2. The summed E-state index contributed by atoms with van der Waals surface area (Å²) in [4.78, 5) is 26.5. The number of piperazine rings is 1. The average Bonchev–Trinajstić information content (AvgIpc) is 3.23. The van der Waals surface area contributed by atoms with Crippen molar-refractivity contribution in [2.45, 2.75) is 5.92 Å². The number of benzene rings is 2. The minimum Gasteiger partial charge on any atom is -0.457 e. The lowest BCUT2D eigenvalue weighted by Crippen LogP contribution is -2.50. The Kier molecular flexibility index (Phi) is 4.27. The number of nitrogens with zero attached hydrogens (tertiary/aromatic N) is 7. The van der Waals surface area contributed by atoms with Gasteiger partial charge < -0.3 is 14.5 Å². The second-order valence-corrected chi connectivity index (χ2v) is 8.01. The van der Waals surface area contributed by atoms with E-state index in [0.717, 1.165) is 28.4 Å². The molecule has 0 bridgehead atoms. The van der Waals surface area contributed by atoms with Gasteiger partial charge in [0.1, 0.15) is 17.8 Å². The predicted molar refractivity (Wildman–Crippen MR) is 118 cm³/mol. The first-order valence-electron chi connectivity index (χ1n) is 10.6. The van der Waals surface area contributed by atoms with Crippen LogP contribution in [-0.4, -0.2) is 61.9 Å². The summed E-state index contributed by atoms with van der Waals surface area (Å²) in [5.74, 6) is 1.98. The minimum atomic E-state index is -0.367. The summed E-state index contributed by atoms with van der Waals surface area (Å²) in [5, 5.41) is 8.28. The summed E-state index contributed by atoms with van der Waals surface area (Å²) < 4.78 is 7.69. The van der Waals surface area contributed by atoms with E-state index in [9.17, 15) is 4.79 Å². The fourth-order valence-corrected chi connectivity index (χ4v) is 4.57. The number of aryl methyl sites for hydroxylation is 1. The van der Waals surface area contributed by atoms with Crippen LogP contribution in [0.4, 0.5) is 5.82 Å². The molecule has 32 heavy (non-hydrogen) atoms. The summed E-state index contributed by atoms with van der Waals surface area (Å²) >= 11 is 0. The Hall–Kier alpha value is -4.01. The van der Waals surface area contributed by atoms with Crippen molar-refractivity contribution in [1.82, 2.24) is 29.9 Å². The van der Waals surface area contributed by atoms with Crippen molar-refractivity contribution in [3.8, 4) is 11.5 Å². The lowest BCUT2D eigenvalue weighted by atomic mass is 9.86. The maximum absolute atomic E-state index is 13.7. The normalized spacial score (nSPS) is 15.9. The molecule has 0 atom stereocenters. The molecule has 160 valence electrons. The Morgan fingerprint density at radius 2 is 1.59 bits per heavy atom. The summed E-state index contributed by atoms with van der Waals surface area (Å²) in [6.07, 6.45) is 1.54. The largest absolute Gasteiger partial charge is 0.457 e. The van der Waals surface area contributed by atoms with Gasteiger partial charge in [-0.15, -0.1) is 5.10 Å². The molecule has 2 aliphatic rings. The summed E-state index contributed by atoms with van der Waals surface area (Å²) in [6, 6.07) is 15.6. The first kappa shape index (κ1) is 18.7. The molecule has 0 N–H and O–H groups in total. The van der Waals surface area contributed by atoms with E-state index in [1.165, 1.54) is 6.33 Å². The Morgan fingerprint density at radius 3 is 2.28 bits per heavy atom. The van der Waals surface area contributed by atoms with E-state index < -0.39 is 0 Å². The van der Waals surface area contributed by atoms with E-state index in [0.29, 0.717) is 37.3 Å². The highest BCUT2D eigenvalue weighted by molar-refractivity contribution is 5.90. The van der Waals surface area contributed by atoms with Crippen molar-refractivity contribution in [2.75, 3.05) is 31.1 Å². The fourth-order valence-electron chi connectivity index (χ4n) is 4.57. The number of aromatic nitrogens is 5. The van der Waals surface area contributed by atoms with Crippen LogP contribution in [0.1, 0.15) is 17.0 Å². The molecule has 0 spiro atoms. The lowest BCUT2D eigenvalue weighted by molar-refractivity contribution is -0.132. The monoisotopic (exact) mass is 427 g/mol. The second kappa shape index (κ2) is 7.30. The maximum atomic E-state index is 13.7. The van der Waals surface area contributed by atoms with Crippen LogP contribution >= 0.6 is 0 Å². The van der Waals surface area contributed by atoms with Crippen molar-refractivity contribution in [2.24, 2.45) is 7.05 Å². The van der Waals surface area contributed by atoms with Crippen LogP contribution in [0.5, 0.6) is 11.5 Å². The molecule has 6 rings (SSSR count). The summed E-state index contributed by atoms with van der Waals surface area (Å²) in [6.45, 7) is 2.54. The Morgan fingerprint density at radius 1 is 0.938 bits per heavy atom. The van der Waals surface area contributed by atoms with Crippen LogP contribution in [0.15, 0.2) is 54.9 Å². The number of hydrogen-bond donors (Lipinski definition) is 0. The van der Waals surface area contributed by atoms with Crippen LogP contribution in [-0.2, 0) is 11.8 Å². The molecule has 1 fully saturated rings. The van der Waals surface area contributed by atoms with E-state index in [1.54, 1.807) is 4.68 Å². The average molecular weight is 427 g/mol. The molecule has 4 heterocycles. The molecular formula is C23H21N7O2. The molecule has 0 aliphatic carbocycles. The molecule has 4 aromatic rings. The van der Waals surface area contributed by atoms with E-state index in [-0.39, 0.29) is 11.8 Å². The Labute approximate surface area is 184 Å². The Balaban J connectivity index is 1.27. The predicted octanol–water partition coefficient (Wildman–Crippen LogP) is 2.34. The van der Waals surface area contributed by atoms with E-state index in [4.69, 9.17) is 4.74 Å². The SMILES string of the molecule is Cn1nnc2c(N3CCN(C(=O)C4c5ccccc5Oc5ccccc54)CC3)ncnc21. The van der Waals surface area contributed by atoms with E-state index in [2.05, 4.69) is 25.2 Å². The molecule has 2 aromatic heterocycles. The van der Waals surface area contributed by atoms with Crippen LogP contribution in [0.2, 0.25) is 0 Å². The van der Waals surface area contributed by atoms with Gasteiger partial charge in [0.2, 0.25) is 5.91 Å². The number of carbonyl (C=O) groups excluding carboxylic acids is 1. The zero-order valence-electron chi connectivity index (χ0n) is 17.5. The zero-order chi connectivity index (χ0) is 21.7. The van der Waals surface area contributed by atoms with Gasteiger partial charge in [-0.2, -0.15) is 0 Å². The highest BCUT2D eigenvalue weighted by Crippen LogP contribution is 2.44. The Bertz CT molecular complexity index is 1280. The standard InChI is InChI=1S/C23H21N7O2/c1-28-21-20(26-27-28)22(25-14-24-21)29-10-12-30(13-11-29)23(31)19-15-6-2-4-8-17(15)32-18-9-5-3-7-16(18)19/h2-9,14,19H,10-13H2,1H3. The molecule has 2 aromatic carbocycles. The first-order chi connectivity index (χ1) is 15.7. The highest BCUT2D eigenvalue weighted by Gasteiger charge is 2.36. The third kappa shape index (κ3) is 2.89. The number of anilines is 1. The van der Waals surface area contributed by atoms with Crippen LogP contribution < -0.4 is 9.64 Å². The smallest absolute Gasteiger partial charge is 0.234 e. The van der Waals surface area contributed by atoms with Gasteiger partial charge in [-0.3, -0.25) is 4.79 Å². The van der Waals surface area contributed by atoms with E-state index in [1.807, 2.05) is 60.5 Å². The molecule has 0 radical (unpaired) electrons. The number of amides is 1. The third-order valence-electron chi connectivity index (χ3n) is 6.19. The fraction of sp³-hybridized carbons (Fsp3) is 0.261. The quantitative estimate of drug-likeness (QED) is 0.485. The van der Waals surface area contributed by atoms with Crippen LogP contribution in [0.3, 0.4) is 0 Å². The van der Waals surface area contributed by atoms with Gasteiger partial charge in [0, 0.05) is 44.4 Å². The molecule has 1 saturated heterocycles. The van der Waals surface area contributed by atoms with Crippen molar-refractivity contribution >= 4 is 22.9 Å². The van der Waals surface area contributed by atoms with Gasteiger partial charge in [-0.05, 0) is 12.1 Å². The van der Waals surface area contributed by atoms with Crippen molar-refractivity contribution in [3.05, 3.63) is 66.0 Å². The van der Waals surface area contributed by atoms with Gasteiger partial charge in [0.15, 0.2) is 17.0 Å². The van der Waals surface area contributed by atoms with Gasteiger partial charge in [0.25, 0.3) is 0 Å².